The SMILES string of the molecule is Fc1ccc(Oc2cc(N3CCN(CCN4CCOCC4)CC3)ncn2)c(Cl)c1. The maximum absolute atomic E-state index is 13.2. The molecule has 7 nitrogen and oxygen atoms in total. The lowest BCUT2D eigenvalue weighted by atomic mass is 10.3. The number of nitrogens with zero attached hydrogens (tertiary/aromatic N) is 5. The van der Waals surface area contributed by atoms with Gasteiger partial charge in [-0.3, -0.25) is 9.80 Å². The van der Waals surface area contributed by atoms with Crippen LogP contribution < -0.4 is 9.64 Å². The van der Waals surface area contributed by atoms with Gasteiger partial charge in [-0.25, -0.2) is 14.4 Å². The van der Waals surface area contributed by atoms with Crippen LogP contribution in [0.1, 0.15) is 0 Å². The minimum Gasteiger partial charge on any atom is -0.437 e. The summed E-state index contributed by atoms with van der Waals surface area (Å²) in [7, 11) is 0. The average molecular weight is 422 g/mol. The zero-order valence-corrected chi connectivity index (χ0v) is 17.0. The first-order valence-electron chi connectivity index (χ1n) is 9.90. The predicted octanol–water partition coefficient (Wildman–Crippen LogP) is 2.52. The van der Waals surface area contributed by atoms with Crippen LogP contribution in [0.25, 0.3) is 0 Å². The molecule has 0 radical (unpaired) electrons. The van der Waals surface area contributed by atoms with Crippen molar-refractivity contribution in [3.63, 3.8) is 0 Å². The Labute approximate surface area is 175 Å². The molecule has 0 amide bonds. The highest BCUT2D eigenvalue weighted by Gasteiger charge is 2.20. The number of ether oxygens (including phenoxy) is 2. The number of rotatable bonds is 6. The van der Waals surface area contributed by atoms with Crippen molar-refractivity contribution in [3.8, 4) is 11.6 Å². The van der Waals surface area contributed by atoms with Crippen LogP contribution in [-0.4, -0.2) is 85.3 Å². The number of hydrogen-bond acceptors (Lipinski definition) is 7. The van der Waals surface area contributed by atoms with Crippen molar-refractivity contribution in [1.82, 2.24) is 19.8 Å². The molecule has 0 unspecified atom stereocenters. The van der Waals surface area contributed by atoms with Gasteiger partial charge in [0.25, 0.3) is 0 Å². The summed E-state index contributed by atoms with van der Waals surface area (Å²) in [6.07, 6.45) is 1.48. The summed E-state index contributed by atoms with van der Waals surface area (Å²) in [5.74, 6) is 1.17. The molecule has 1 aromatic carbocycles. The average Bonchev–Trinajstić information content (AvgIpc) is 2.76. The molecule has 4 rings (SSSR count). The summed E-state index contributed by atoms with van der Waals surface area (Å²) < 4.78 is 24.3. The Kier molecular flexibility index (Phi) is 6.76. The Hall–Kier alpha value is -2.00. The normalized spacial score (nSPS) is 18.8. The second-order valence-electron chi connectivity index (χ2n) is 7.17. The van der Waals surface area contributed by atoms with Crippen molar-refractivity contribution in [2.24, 2.45) is 0 Å². The fourth-order valence-electron chi connectivity index (χ4n) is 3.54. The molecule has 156 valence electrons. The third kappa shape index (κ3) is 5.54. The lowest BCUT2D eigenvalue weighted by Crippen LogP contribution is -2.49. The molecule has 0 saturated carbocycles. The van der Waals surface area contributed by atoms with Gasteiger partial charge >= 0.3 is 0 Å². The highest BCUT2D eigenvalue weighted by Crippen LogP contribution is 2.30. The van der Waals surface area contributed by atoms with E-state index in [0.29, 0.717) is 11.6 Å². The predicted molar refractivity (Wildman–Crippen MR) is 109 cm³/mol. The van der Waals surface area contributed by atoms with Crippen molar-refractivity contribution in [1.29, 1.82) is 0 Å². The summed E-state index contributed by atoms with van der Waals surface area (Å²) in [6.45, 7) is 9.70. The number of halogens is 2. The van der Waals surface area contributed by atoms with Crippen LogP contribution in [0.3, 0.4) is 0 Å². The summed E-state index contributed by atoms with van der Waals surface area (Å²) >= 11 is 6.04. The standard InChI is InChI=1S/C20H25ClFN5O2/c21-17-13-16(22)1-2-18(17)29-20-14-19(23-15-24-20)27-7-5-25(6-8-27)3-4-26-9-11-28-12-10-26/h1-2,13-15H,3-12H2. The molecule has 0 bridgehead atoms. The van der Waals surface area contributed by atoms with Crippen LogP contribution in [0.2, 0.25) is 5.02 Å². The minimum absolute atomic E-state index is 0.207. The van der Waals surface area contributed by atoms with Crippen molar-refractivity contribution in [3.05, 3.63) is 41.4 Å². The lowest BCUT2D eigenvalue weighted by Gasteiger charge is -2.36. The molecule has 3 heterocycles. The number of hydrogen-bond donors (Lipinski definition) is 0. The Balaban J connectivity index is 1.30. The van der Waals surface area contributed by atoms with E-state index in [1.807, 2.05) is 0 Å². The van der Waals surface area contributed by atoms with Gasteiger partial charge in [-0.2, -0.15) is 0 Å². The van der Waals surface area contributed by atoms with E-state index in [1.165, 1.54) is 24.5 Å². The Morgan fingerprint density at radius 1 is 0.966 bits per heavy atom. The maximum atomic E-state index is 13.2. The van der Waals surface area contributed by atoms with E-state index in [9.17, 15) is 4.39 Å². The second-order valence-corrected chi connectivity index (χ2v) is 7.58. The third-order valence-corrected chi connectivity index (χ3v) is 5.56. The maximum Gasteiger partial charge on any atom is 0.224 e. The van der Waals surface area contributed by atoms with E-state index in [0.717, 1.165) is 71.4 Å². The van der Waals surface area contributed by atoms with Gasteiger partial charge in [0.1, 0.15) is 23.7 Å². The van der Waals surface area contributed by atoms with Crippen LogP contribution in [-0.2, 0) is 4.74 Å². The van der Waals surface area contributed by atoms with E-state index in [-0.39, 0.29) is 5.02 Å². The number of aromatic nitrogens is 2. The number of benzene rings is 1. The summed E-state index contributed by atoms with van der Waals surface area (Å²) in [4.78, 5) is 15.7. The Morgan fingerprint density at radius 2 is 1.69 bits per heavy atom. The molecule has 0 aliphatic carbocycles. The van der Waals surface area contributed by atoms with E-state index in [4.69, 9.17) is 21.1 Å². The summed E-state index contributed by atoms with van der Waals surface area (Å²) in [5.41, 5.74) is 0. The Bertz CT molecular complexity index is 813. The molecular formula is C20H25ClFN5O2. The van der Waals surface area contributed by atoms with Crippen LogP contribution in [0.15, 0.2) is 30.6 Å². The molecule has 2 saturated heterocycles. The summed E-state index contributed by atoms with van der Waals surface area (Å²) in [5, 5.41) is 0.207. The minimum atomic E-state index is -0.405. The molecular weight excluding hydrogens is 397 g/mol. The highest BCUT2D eigenvalue weighted by molar-refractivity contribution is 6.32. The van der Waals surface area contributed by atoms with E-state index >= 15 is 0 Å². The molecule has 2 aromatic rings. The van der Waals surface area contributed by atoms with Crippen LogP contribution in [0, 0.1) is 5.82 Å². The van der Waals surface area contributed by atoms with Gasteiger partial charge in [-0.15, -0.1) is 0 Å². The molecule has 29 heavy (non-hydrogen) atoms. The van der Waals surface area contributed by atoms with Crippen molar-refractivity contribution in [2.45, 2.75) is 0 Å². The van der Waals surface area contributed by atoms with Crippen molar-refractivity contribution in [2.75, 3.05) is 70.5 Å². The first-order chi connectivity index (χ1) is 14.2. The van der Waals surface area contributed by atoms with E-state index in [1.54, 1.807) is 6.07 Å². The van der Waals surface area contributed by atoms with Gasteiger partial charge in [-0.1, -0.05) is 11.6 Å². The van der Waals surface area contributed by atoms with Gasteiger partial charge in [0.05, 0.1) is 18.2 Å². The molecule has 0 N–H and O–H groups in total. The highest BCUT2D eigenvalue weighted by atomic mass is 35.5. The van der Waals surface area contributed by atoms with Gasteiger partial charge in [0.2, 0.25) is 5.88 Å². The lowest BCUT2D eigenvalue weighted by molar-refractivity contribution is 0.0331. The van der Waals surface area contributed by atoms with Crippen LogP contribution >= 0.6 is 11.6 Å². The first kappa shape index (κ1) is 20.3. The molecule has 1 aromatic heterocycles. The van der Waals surface area contributed by atoms with Gasteiger partial charge in [0, 0.05) is 58.4 Å². The number of morpholine rings is 1. The zero-order valence-electron chi connectivity index (χ0n) is 16.3. The van der Waals surface area contributed by atoms with E-state index < -0.39 is 5.82 Å². The molecule has 2 aliphatic rings. The smallest absolute Gasteiger partial charge is 0.224 e. The van der Waals surface area contributed by atoms with Gasteiger partial charge in [0.15, 0.2) is 0 Å². The summed E-state index contributed by atoms with van der Waals surface area (Å²) in [6, 6.07) is 5.81. The number of piperazine rings is 1. The monoisotopic (exact) mass is 421 g/mol. The fourth-order valence-corrected chi connectivity index (χ4v) is 3.74. The molecule has 2 aliphatic heterocycles. The fraction of sp³-hybridized carbons (Fsp3) is 0.500. The largest absolute Gasteiger partial charge is 0.437 e. The third-order valence-electron chi connectivity index (χ3n) is 5.27. The van der Waals surface area contributed by atoms with Crippen LogP contribution in [0.5, 0.6) is 11.6 Å². The molecule has 2 fully saturated rings. The molecule has 9 heteroatoms. The first-order valence-corrected chi connectivity index (χ1v) is 10.3. The topological polar surface area (TPSA) is 54.0 Å². The van der Waals surface area contributed by atoms with Gasteiger partial charge < -0.3 is 14.4 Å². The number of anilines is 1. The Morgan fingerprint density at radius 3 is 2.41 bits per heavy atom. The van der Waals surface area contributed by atoms with Gasteiger partial charge in [-0.05, 0) is 18.2 Å². The van der Waals surface area contributed by atoms with E-state index in [2.05, 4.69) is 24.7 Å². The zero-order chi connectivity index (χ0) is 20.1. The quantitative estimate of drug-likeness (QED) is 0.710. The van der Waals surface area contributed by atoms with Crippen molar-refractivity contribution >= 4 is 17.4 Å². The van der Waals surface area contributed by atoms with Crippen molar-refractivity contribution < 1.29 is 13.9 Å². The molecule has 0 spiro atoms. The van der Waals surface area contributed by atoms with Crippen LogP contribution in [0.4, 0.5) is 10.2 Å². The molecule has 0 atom stereocenters. The second kappa shape index (κ2) is 9.67.